The van der Waals surface area contributed by atoms with E-state index in [0.29, 0.717) is 28.7 Å². The zero-order valence-electron chi connectivity index (χ0n) is 14.3. The summed E-state index contributed by atoms with van der Waals surface area (Å²) < 4.78 is 12.8. The number of benzene rings is 2. The van der Waals surface area contributed by atoms with Crippen molar-refractivity contribution in [2.45, 2.75) is 19.8 Å². The number of rotatable bonds is 7. The molecule has 0 radical (unpaired) electrons. The van der Waals surface area contributed by atoms with Crippen LogP contribution in [0.15, 0.2) is 42.5 Å². The fourth-order valence-electron chi connectivity index (χ4n) is 2.46. The van der Waals surface area contributed by atoms with Crippen LogP contribution in [0.2, 0.25) is 10.0 Å². The standard InChI is InChI=1S/C19H19Cl2FN2O2/c1-13(25)24(18-11-15(20)10-16(21)12-18)9-7-19(26)23-8-6-14-2-4-17(22)5-3-14/h2-5,10-12H,6-9H2,1H3,(H,23,26). The van der Waals surface area contributed by atoms with E-state index in [-0.39, 0.29) is 30.6 Å². The number of nitrogens with one attached hydrogen (secondary N) is 1. The average molecular weight is 397 g/mol. The molecule has 2 aromatic carbocycles. The van der Waals surface area contributed by atoms with E-state index in [1.807, 2.05) is 0 Å². The van der Waals surface area contributed by atoms with Crippen LogP contribution in [0.4, 0.5) is 10.1 Å². The third-order valence-electron chi connectivity index (χ3n) is 3.75. The Balaban J connectivity index is 1.85. The summed E-state index contributed by atoms with van der Waals surface area (Å²) in [7, 11) is 0. The first-order valence-electron chi connectivity index (χ1n) is 8.10. The van der Waals surface area contributed by atoms with Gasteiger partial charge >= 0.3 is 0 Å². The van der Waals surface area contributed by atoms with Gasteiger partial charge in [0.1, 0.15) is 5.82 Å². The normalized spacial score (nSPS) is 10.5. The Labute approximate surface area is 161 Å². The molecule has 2 amide bonds. The number of halogens is 3. The highest BCUT2D eigenvalue weighted by Crippen LogP contribution is 2.25. The van der Waals surface area contributed by atoms with Gasteiger partial charge in [-0.3, -0.25) is 9.59 Å². The molecule has 2 aromatic rings. The fraction of sp³-hybridized carbons (Fsp3) is 0.263. The molecule has 0 heterocycles. The van der Waals surface area contributed by atoms with Crippen LogP contribution in [0.25, 0.3) is 0 Å². The number of anilines is 1. The molecule has 0 fully saturated rings. The van der Waals surface area contributed by atoms with Gasteiger partial charge in [-0.2, -0.15) is 0 Å². The Kier molecular flexibility index (Phi) is 7.42. The molecule has 0 saturated heterocycles. The molecule has 2 rings (SSSR count). The summed E-state index contributed by atoms with van der Waals surface area (Å²) in [6.07, 6.45) is 0.749. The van der Waals surface area contributed by atoms with Gasteiger partial charge in [0.2, 0.25) is 11.8 Å². The number of carbonyl (C=O) groups is 2. The van der Waals surface area contributed by atoms with Crippen molar-refractivity contribution in [1.82, 2.24) is 5.32 Å². The summed E-state index contributed by atoms with van der Waals surface area (Å²) in [4.78, 5) is 25.4. The van der Waals surface area contributed by atoms with Crippen molar-refractivity contribution >= 4 is 40.7 Å². The number of hydrogen-bond acceptors (Lipinski definition) is 2. The monoisotopic (exact) mass is 396 g/mol. The van der Waals surface area contributed by atoms with Crippen LogP contribution in [-0.2, 0) is 16.0 Å². The van der Waals surface area contributed by atoms with E-state index in [2.05, 4.69) is 5.32 Å². The second kappa shape index (κ2) is 9.55. The Morgan fingerprint density at radius 3 is 2.27 bits per heavy atom. The lowest BCUT2D eigenvalue weighted by Gasteiger charge is -2.21. The molecule has 4 nitrogen and oxygen atoms in total. The lowest BCUT2D eigenvalue weighted by Crippen LogP contribution is -2.34. The van der Waals surface area contributed by atoms with E-state index in [0.717, 1.165) is 5.56 Å². The molecule has 0 aromatic heterocycles. The van der Waals surface area contributed by atoms with Gasteiger partial charge in [-0.25, -0.2) is 4.39 Å². The fourth-order valence-corrected chi connectivity index (χ4v) is 2.98. The molecule has 0 aliphatic heterocycles. The number of carbonyl (C=O) groups excluding carboxylic acids is 2. The van der Waals surface area contributed by atoms with Crippen molar-refractivity contribution in [2.75, 3.05) is 18.0 Å². The largest absolute Gasteiger partial charge is 0.356 e. The smallest absolute Gasteiger partial charge is 0.223 e. The van der Waals surface area contributed by atoms with Crippen molar-refractivity contribution in [3.05, 3.63) is 63.9 Å². The molecule has 1 N–H and O–H groups in total. The van der Waals surface area contributed by atoms with Crippen molar-refractivity contribution < 1.29 is 14.0 Å². The zero-order valence-corrected chi connectivity index (χ0v) is 15.8. The Morgan fingerprint density at radius 2 is 1.69 bits per heavy atom. The Hall–Kier alpha value is -2.11. The maximum Gasteiger partial charge on any atom is 0.223 e. The highest BCUT2D eigenvalue weighted by atomic mass is 35.5. The summed E-state index contributed by atoms with van der Waals surface area (Å²) in [5, 5.41) is 3.63. The summed E-state index contributed by atoms with van der Waals surface area (Å²) in [5.41, 5.74) is 1.49. The maximum absolute atomic E-state index is 12.8. The summed E-state index contributed by atoms with van der Waals surface area (Å²) in [5.74, 6) is -0.669. The first kappa shape index (κ1) is 20.2. The van der Waals surface area contributed by atoms with Gasteiger partial charge in [-0.1, -0.05) is 35.3 Å². The predicted molar refractivity (Wildman–Crippen MR) is 102 cm³/mol. The van der Waals surface area contributed by atoms with Gasteiger partial charge in [0.15, 0.2) is 0 Å². The van der Waals surface area contributed by atoms with E-state index in [1.165, 1.54) is 24.0 Å². The highest BCUT2D eigenvalue weighted by Gasteiger charge is 2.14. The molecular weight excluding hydrogens is 378 g/mol. The third-order valence-corrected chi connectivity index (χ3v) is 4.19. The van der Waals surface area contributed by atoms with E-state index in [4.69, 9.17) is 23.2 Å². The van der Waals surface area contributed by atoms with Crippen LogP contribution in [0.3, 0.4) is 0 Å². The van der Waals surface area contributed by atoms with Crippen LogP contribution in [0.1, 0.15) is 18.9 Å². The molecular formula is C19H19Cl2FN2O2. The van der Waals surface area contributed by atoms with Crippen LogP contribution < -0.4 is 10.2 Å². The quantitative estimate of drug-likeness (QED) is 0.760. The predicted octanol–water partition coefficient (Wildman–Crippen LogP) is 4.23. The van der Waals surface area contributed by atoms with E-state index >= 15 is 0 Å². The summed E-state index contributed by atoms with van der Waals surface area (Å²) in [6, 6.07) is 11.0. The molecule has 0 aliphatic carbocycles. The Morgan fingerprint density at radius 1 is 1.08 bits per heavy atom. The van der Waals surface area contributed by atoms with Gasteiger partial charge in [-0.15, -0.1) is 0 Å². The van der Waals surface area contributed by atoms with Crippen molar-refractivity contribution in [2.24, 2.45) is 0 Å². The molecule has 26 heavy (non-hydrogen) atoms. The molecule has 0 spiro atoms. The minimum atomic E-state index is -0.289. The molecule has 7 heteroatoms. The first-order chi connectivity index (χ1) is 12.3. The Bertz CT molecular complexity index is 761. The molecule has 138 valence electrons. The van der Waals surface area contributed by atoms with Crippen LogP contribution in [0, 0.1) is 5.82 Å². The second-order valence-electron chi connectivity index (χ2n) is 5.77. The summed E-state index contributed by atoms with van der Waals surface area (Å²) >= 11 is 11.9. The third kappa shape index (κ3) is 6.32. The van der Waals surface area contributed by atoms with Gasteiger partial charge in [-0.05, 0) is 42.3 Å². The lowest BCUT2D eigenvalue weighted by atomic mass is 10.1. The SMILES string of the molecule is CC(=O)N(CCC(=O)NCCc1ccc(F)cc1)c1cc(Cl)cc(Cl)c1. The van der Waals surface area contributed by atoms with Crippen molar-refractivity contribution in [1.29, 1.82) is 0 Å². The van der Waals surface area contributed by atoms with Crippen LogP contribution in [0.5, 0.6) is 0 Å². The van der Waals surface area contributed by atoms with E-state index < -0.39 is 0 Å². The lowest BCUT2D eigenvalue weighted by molar-refractivity contribution is -0.121. The van der Waals surface area contributed by atoms with Gasteiger partial charge in [0.25, 0.3) is 0 Å². The van der Waals surface area contributed by atoms with Gasteiger partial charge < -0.3 is 10.2 Å². The van der Waals surface area contributed by atoms with E-state index in [9.17, 15) is 14.0 Å². The minimum absolute atomic E-state index is 0.146. The molecule has 0 atom stereocenters. The zero-order chi connectivity index (χ0) is 19.1. The number of amides is 2. The average Bonchev–Trinajstić information content (AvgIpc) is 2.55. The molecule has 0 aliphatic rings. The molecule has 0 bridgehead atoms. The second-order valence-corrected chi connectivity index (χ2v) is 6.65. The first-order valence-corrected chi connectivity index (χ1v) is 8.86. The van der Waals surface area contributed by atoms with Gasteiger partial charge in [0.05, 0.1) is 0 Å². The molecule has 0 saturated carbocycles. The molecule has 0 unspecified atom stereocenters. The van der Waals surface area contributed by atoms with Crippen molar-refractivity contribution in [3.63, 3.8) is 0 Å². The minimum Gasteiger partial charge on any atom is -0.356 e. The van der Waals surface area contributed by atoms with Crippen LogP contribution >= 0.6 is 23.2 Å². The number of hydrogen-bond donors (Lipinski definition) is 1. The van der Waals surface area contributed by atoms with E-state index in [1.54, 1.807) is 30.3 Å². The maximum atomic E-state index is 12.8. The van der Waals surface area contributed by atoms with Gasteiger partial charge in [0, 0.05) is 42.2 Å². The van der Waals surface area contributed by atoms with Crippen LogP contribution in [-0.4, -0.2) is 24.9 Å². The van der Waals surface area contributed by atoms with Crippen molar-refractivity contribution in [3.8, 4) is 0 Å². The topological polar surface area (TPSA) is 49.4 Å². The summed E-state index contributed by atoms with van der Waals surface area (Å²) in [6.45, 7) is 2.07. The number of nitrogens with zero attached hydrogens (tertiary/aromatic N) is 1. The highest BCUT2D eigenvalue weighted by molar-refractivity contribution is 6.35.